The molecule has 0 aliphatic heterocycles. The molecule has 1 aromatic carbocycles. The molecule has 0 amide bonds. The summed E-state index contributed by atoms with van der Waals surface area (Å²) in [6, 6.07) is 7.35. The maximum atomic E-state index is 8.68. The largest absolute Gasteiger partial charge is 0.491 e. The zero-order valence-electron chi connectivity index (χ0n) is 11.7. The van der Waals surface area contributed by atoms with E-state index in [1.807, 2.05) is 29.6 Å². The molecule has 0 unspecified atom stereocenters. The molecule has 2 aromatic rings. The normalized spacial score (nSPS) is 10.8. The molecule has 2 rings (SSSR count). The summed E-state index contributed by atoms with van der Waals surface area (Å²) in [6.07, 6.45) is 0. The molecular weight excluding hydrogens is 274 g/mol. The van der Waals surface area contributed by atoms with Crippen LogP contribution < -0.4 is 9.47 Å². The Hall–Kier alpha value is -1.59. The average molecular weight is 293 g/mol. The first-order valence-electron chi connectivity index (χ1n) is 6.60. The number of benzene rings is 1. The number of thiazole rings is 1. The maximum Gasteiger partial charge on any atom is 0.131 e. The molecule has 0 aliphatic carbocycles. The molecule has 0 aliphatic rings. The second-order valence-electron chi connectivity index (χ2n) is 4.66. The molecule has 0 atom stereocenters. The molecular formula is C15H19NO3S. The molecule has 108 valence electrons. The molecule has 4 nitrogen and oxygen atoms in total. The fourth-order valence-corrected chi connectivity index (χ4v) is 2.43. The van der Waals surface area contributed by atoms with Crippen LogP contribution in [0.15, 0.2) is 29.6 Å². The van der Waals surface area contributed by atoms with Gasteiger partial charge in [0.1, 0.15) is 24.7 Å². The van der Waals surface area contributed by atoms with Crippen molar-refractivity contribution in [3.8, 4) is 11.5 Å². The highest BCUT2D eigenvalue weighted by Crippen LogP contribution is 2.21. The van der Waals surface area contributed by atoms with E-state index in [0.29, 0.717) is 19.1 Å². The monoisotopic (exact) mass is 293 g/mol. The first kappa shape index (κ1) is 14.8. The van der Waals surface area contributed by atoms with Crippen LogP contribution in [-0.2, 0) is 6.61 Å². The van der Waals surface area contributed by atoms with Crippen molar-refractivity contribution in [1.29, 1.82) is 0 Å². The Bertz CT molecular complexity index is 522. The topological polar surface area (TPSA) is 51.6 Å². The van der Waals surface area contributed by atoms with E-state index in [0.717, 1.165) is 22.2 Å². The second-order valence-corrected chi connectivity index (χ2v) is 5.55. The number of rotatable bonds is 7. The van der Waals surface area contributed by atoms with Gasteiger partial charge in [-0.3, -0.25) is 0 Å². The minimum atomic E-state index is 0.0141. The highest BCUT2D eigenvalue weighted by atomic mass is 32.1. The lowest BCUT2D eigenvalue weighted by molar-refractivity contribution is 0.201. The van der Waals surface area contributed by atoms with Crippen molar-refractivity contribution in [3.05, 3.63) is 40.3 Å². The zero-order chi connectivity index (χ0) is 14.4. The SMILES string of the molecule is CC(C)c1nc(COc2ccc(OCCO)cc2)cs1. The number of hydrogen-bond acceptors (Lipinski definition) is 5. The summed E-state index contributed by atoms with van der Waals surface area (Å²) >= 11 is 1.67. The Kier molecular flexibility index (Phi) is 5.38. The van der Waals surface area contributed by atoms with Crippen molar-refractivity contribution in [2.45, 2.75) is 26.4 Å². The van der Waals surface area contributed by atoms with Gasteiger partial charge in [0.05, 0.1) is 17.3 Å². The molecule has 0 saturated heterocycles. The van der Waals surface area contributed by atoms with Crippen molar-refractivity contribution in [2.75, 3.05) is 13.2 Å². The van der Waals surface area contributed by atoms with Crippen LogP contribution in [0, 0.1) is 0 Å². The van der Waals surface area contributed by atoms with Gasteiger partial charge in [0, 0.05) is 11.3 Å². The minimum absolute atomic E-state index is 0.0141. The summed E-state index contributed by atoms with van der Waals surface area (Å²) in [7, 11) is 0. The van der Waals surface area contributed by atoms with Gasteiger partial charge in [-0.2, -0.15) is 0 Å². The highest BCUT2D eigenvalue weighted by Gasteiger charge is 2.06. The summed E-state index contributed by atoms with van der Waals surface area (Å²) in [5, 5.41) is 11.8. The fourth-order valence-electron chi connectivity index (χ4n) is 1.61. The maximum absolute atomic E-state index is 8.68. The molecule has 0 radical (unpaired) electrons. The standard InChI is InChI=1S/C15H19NO3S/c1-11(2)15-16-12(10-20-15)9-19-14-5-3-13(4-6-14)18-8-7-17/h3-6,10-11,17H,7-9H2,1-2H3. The third-order valence-electron chi connectivity index (χ3n) is 2.63. The van der Waals surface area contributed by atoms with Gasteiger partial charge < -0.3 is 14.6 Å². The molecule has 0 bridgehead atoms. The van der Waals surface area contributed by atoms with Gasteiger partial charge in [0.25, 0.3) is 0 Å². The van der Waals surface area contributed by atoms with E-state index in [4.69, 9.17) is 14.6 Å². The van der Waals surface area contributed by atoms with Gasteiger partial charge >= 0.3 is 0 Å². The van der Waals surface area contributed by atoms with Crippen LogP contribution in [0.5, 0.6) is 11.5 Å². The predicted octanol–water partition coefficient (Wildman–Crippen LogP) is 3.22. The Morgan fingerprint density at radius 1 is 1.15 bits per heavy atom. The molecule has 0 saturated carbocycles. The van der Waals surface area contributed by atoms with Gasteiger partial charge in [-0.1, -0.05) is 13.8 Å². The van der Waals surface area contributed by atoms with Crippen LogP contribution in [0.25, 0.3) is 0 Å². The molecule has 1 N–H and O–H groups in total. The molecule has 0 fully saturated rings. The van der Waals surface area contributed by atoms with E-state index in [9.17, 15) is 0 Å². The summed E-state index contributed by atoms with van der Waals surface area (Å²) in [4.78, 5) is 4.52. The number of ether oxygens (including phenoxy) is 2. The summed E-state index contributed by atoms with van der Waals surface area (Å²) in [6.45, 7) is 5.06. The lowest BCUT2D eigenvalue weighted by Gasteiger charge is -2.07. The third-order valence-corrected chi connectivity index (χ3v) is 3.83. The highest BCUT2D eigenvalue weighted by molar-refractivity contribution is 7.09. The van der Waals surface area contributed by atoms with Crippen LogP contribution in [-0.4, -0.2) is 23.3 Å². The van der Waals surface area contributed by atoms with E-state index >= 15 is 0 Å². The Morgan fingerprint density at radius 3 is 2.35 bits per heavy atom. The summed E-state index contributed by atoms with van der Waals surface area (Å²) < 4.78 is 11.0. The van der Waals surface area contributed by atoms with E-state index in [1.54, 1.807) is 11.3 Å². The first-order chi connectivity index (χ1) is 9.69. The lowest BCUT2D eigenvalue weighted by atomic mass is 10.2. The summed E-state index contributed by atoms with van der Waals surface area (Å²) in [5.41, 5.74) is 0.958. The van der Waals surface area contributed by atoms with E-state index in [-0.39, 0.29) is 6.61 Å². The van der Waals surface area contributed by atoms with E-state index in [1.165, 1.54) is 0 Å². The molecule has 1 aromatic heterocycles. The third kappa shape index (κ3) is 4.21. The van der Waals surface area contributed by atoms with Gasteiger partial charge in [-0.05, 0) is 24.3 Å². The van der Waals surface area contributed by atoms with E-state index < -0.39 is 0 Å². The van der Waals surface area contributed by atoms with Crippen molar-refractivity contribution in [3.63, 3.8) is 0 Å². The smallest absolute Gasteiger partial charge is 0.131 e. The minimum Gasteiger partial charge on any atom is -0.491 e. The Morgan fingerprint density at radius 2 is 1.80 bits per heavy atom. The fraction of sp³-hybridized carbons (Fsp3) is 0.400. The number of hydrogen-bond donors (Lipinski definition) is 1. The second kappa shape index (κ2) is 7.26. The van der Waals surface area contributed by atoms with Crippen LogP contribution in [0.3, 0.4) is 0 Å². The van der Waals surface area contributed by atoms with Crippen LogP contribution >= 0.6 is 11.3 Å². The molecule has 5 heteroatoms. The Balaban J connectivity index is 1.86. The summed E-state index contributed by atoms with van der Waals surface area (Å²) in [5.74, 6) is 1.96. The molecule has 0 spiro atoms. The quantitative estimate of drug-likeness (QED) is 0.851. The first-order valence-corrected chi connectivity index (χ1v) is 7.48. The van der Waals surface area contributed by atoms with Crippen LogP contribution in [0.2, 0.25) is 0 Å². The van der Waals surface area contributed by atoms with Gasteiger partial charge in [-0.15, -0.1) is 11.3 Å². The number of aliphatic hydroxyl groups excluding tert-OH is 1. The van der Waals surface area contributed by atoms with Gasteiger partial charge in [-0.25, -0.2) is 4.98 Å². The van der Waals surface area contributed by atoms with Crippen LogP contribution in [0.1, 0.15) is 30.5 Å². The molecule has 1 heterocycles. The predicted molar refractivity (Wildman–Crippen MR) is 79.6 cm³/mol. The Labute approximate surface area is 123 Å². The van der Waals surface area contributed by atoms with Crippen molar-refractivity contribution in [2.24, 2.45) is 0 Å². The van der Waals surface area contributed by atoms with Gasteiger partial charge in [0.15, 0.2) is 0 Å². The van der Waals surface area contributed by atoms with Crippen molar-refractivity contribution < 1.29 is 14.6 Å². The van der Waals surface area contributed by atoms with Gasteiger partial charge in [0.2, 0.25) is 0 Å². The van der Waals surface area contributed by atoms with Crippen molar-refractivity contribution in [1.82, 2.24) is 4.98 Å². The zero-order valence-corrected chi connectivity index (χ0v) is 12.5. The molecule has 20 heavy (non-hydrogen) atoms. The van der Waals surface area contributed by atoms with Crippen LogP contribution in [0.4, 0.5) is 0 Å². The lowest BCUT2D eigenvalue weighted by Crippen LogP contribution is -2.01. The number of aliphatic hydroxyl groups is 1. The van der Waals surface area contributed by atoms with E-state index in [2.05, 4.69) is 18.8 Å². The number of aromatic nitrogens is 1. The van der Waals surface area contributed by atoms with Crippen molar-refractivity contribution >= 4 is 11.3 Å². The number of nitrogens with zero attached hydrogens (tertiary/aromatic N) is 1. The average Bonchev–Trinajstić information content (AvgIpc) is 2.93.